The summed E-state index contributed by atoms with van der Waals surface area (Å²) in [6.45, 7) is 0. The Morgan fingerprint density at radius 3 is 2.41 bits per heavy atom. The Labute approximate surface area is 101 Å². The highest BCUT2D eigenvalue weighted by Crippen LogP contribution is 2.35. The van der Waals surface area contributed by atoms with Crippen molar-refractivity contribution in [2.75, 3.05) is 0 Å². The Morgan fingerprint density at radius 1 is 1.06 bits per heavy atom. The summed E-state index contributed by atoms with van der Waals surface area (Å²) in [5, 5.41) is 10.8. The van der Waals surface area contributed by atoms with Crippen molar-refractivity contribution in [3.63, 3.8) is 0 Å². The van der Waals surface area contributed by atoms with E-state index < -0.39 is 16.4 Å². The number of halogens is 1. The predicted molar refractivity (Wildman–Crippen MR) is 63.6 cm³/mol. The van der Waals surface area contributed by atoms with Gasteiger partial charge in [0, 0.05) is 4.90 Å². The van der Waals surface area contributed by atoms with Gasteiger partial charge in [0.1, 0.15) is 0 Å². The van der Waals surface area contributed by atoms with Gasteiger partial charge in [-0.3, -0.25) is 10.1 Å². The largest absolute Gasteiger partial charge is 0.318 e. The van der Waals surface area contributed by atoms with Gasteiger partial charge in [-0.25, -0.2) is 0 Å². The van der Waals surface area contributed by atoms with Gasteiger partial charge in [0.2, 0.25) is 5.82 Å². The van der Waals surface area contributed by atoms with Crippen LogP contribution in [-0.2, 0) is 0 Å². The second-order valence-corrected chi connectivity index (χ2v) is 4.37. The first-order valence-corrected chi connectivity index (χ1v) is 5.66. The highest BCUT2D eigenvalue weighted by Gasteiger charge is 2.20. The van der Waals surface area contributed by atoms with Crippen molar-refractivity contribution in [2.24, 2.45) is 0 Å². The van der Waals surface area contributed by atoms with Crippen molar-refractivity contribution < 1.29 is 9.31 Å². The number of rotatable bonds is 3. The van der Waals surface area contributed by atoms with Crippen molar-refractivity contribution in [3.8, 4) is 0 Å². The molecule has 0 saturated carbocycles. The maximum atomic E-state index is 13.3. The van der Waals surface area contributed by atoms with Gasteiger partial charge < -0.3 is 0 Å². The van der Waals surface area contributed by atoms with Crippen LogP contribution in [0.4, 0.5) is 10.1 Å². The number of hydrogen-bond donors (Lipinski definition) is 0. The topological polar surface area (TPSA) is 43.1 Å². The second-order valence-electron chi connectivity index (χ2n) is 3.26. The molecule has 0 atom stereocenters. The molecule has 0 aliphatic heterocycles. The molecule has 0 aliphatic rings. The summed E-state index contributed by atoms with van der Waals surface area (Å²) < 4.78 is 13.3. The normalized spacial score (nSPS) is 10.2. The standard InChI is InChI=1S/C12H8FNO2S/c13-10-7-4-8-11(12(10)14(15)16)17-9-5-2-1-3-6-9/h1-8H. The van der Waals surface area contributed by atoms with Crippen LogP contribution in [0.3, 0.4) is 0 Å². The zero-order valence-corrected chi connectivity index (χ0v) is 9.49. The van der Waals surface area contributed by atoms with E-state index in [-0.39, 0.29) is 0 Å². The molecule has 0 aliphatic carbocycles. The molecule has 2 rings (SSSR count). The molecule has 2 aromatic rings. The van der Waals surface area contributed by atoms with E-state index >= 15 is 0 Å². The lowest BCUT2D eigenvalue weighted by Gasteiger charge is -2.03. The first-order chi connectivity index (χ1) is 8.18. The molecule has 0 heterocycles. The van der Waals surface area contributed by atoms with Crippen molar-refractivity contribution in [3.05, 3.63) is 64.5 Å². The van der Waals surface area contributed by atoms with Crippen LogP contribution < -0.4 is 0 Å². The Morgan fingerprint density at radius 2 is 1.76 bits per heavy atom. The Balaban J connectivity index is 2.40. The molecule has 0 radical (unpaired) electrons. The molecule has 17 heavy (non-hydrogen) atoms. The van der Waals surface area contributed by atoms with E-state index in [1.807, 2.05) is 30.3 Å². The van der Waals surface area contributed by atoms with Gasteiger partial charge in [-0.2, -0.15) is 4.39 Å². The molecule has 3 nitrogen and oxygen atoms in total. The molecule has 0 N–H and O–H groups in total. The third kappa shape index (κ3) is 2.62. The molecular weight excluding hydrogens is 241 g/mol. The van der Waals surface area contributed by atoms with Crippen LogP contribution >= 0.6 is 11.8 Å². The monoisotopic (exact) mass is 249 g/mol. The van der Waals surface area contributed by atoms with Gasteiger partial charge >= 0.3 is 5.69 Å². The summed E-state index contributed by atoms with van der Waals surface area (Å²) in [5.74, 6) is -0.809. The number of nitrogens with zero attached hydrogens (tertiary/aromatic N) is 1. The zero-order chi connectivity index (χ0) is 12.3. The van der Waals surface area contributed by atoms with E-state index in [4.69, 9.17) is 0 Å². The van der Waals surface area contributed by atoms with E-state index in [9.17, 15) is 14.5 Å². The van der Waals surface area contributed by atoms with Gasteiger partial charge in [-0.1, -0.05) is 36.0 Å². The SMILES string of the molecule is O=[N+]([O-])c1c(F)cccc1Sc1ccccc1. The maximum absolute atomic E-state index is 13.3. The summed E-state index contributed by atoms with van der Waals surface area (Å²) in [7, 11) is 0. The zero-order valence-electron chi connectivity index (χ0n) is 8.67. The lowest BCUT2D eigenvalue weighted by molar-refractivity contribution is -0.390. The van der Waals surface area contributed by atoms with Crippen LogP contribution in [-0.4, -0.2) is 4.92 Å². The minimum atomic E-state index is -0.809. The fourth-order valence-corrected chi connectivity index (χ4v) is 2.33. The average Bonchev–Trinajstić information content (AvgIpc) is 2.30. The van der Waals surface area contributed by atoms with Crippen LogP contribution in [0, 0.1) is 15.9 Å². The van der Waals surface area contributed by atoms with Crippen molar-refractivity contribution in [2.45, 2.75) is 9.79 Å². The number of hydrogen-bond acceptors (Lipinski definition) is 3. The van der Waals surface area contributed by atoms with Crippen molar-refractivity contribution >= 4 is 17.4 Å². The summed E-state index contributed by atoms with van der Waals surface area (Å²) in [5.41, 5.74) is -0.471. The first kappa shape index (κ1) is 11.6. The number of para-hydroxylation sites is 1. The molecule has 86 valence electrons. The van der Waals surface area contributed by atoms with Gasteiger partial charge in [0.05, 0.1) is 9.82 Å². The fraction of sp³-hybridized carbons (Fsp3) is 0. The molecule has 0 aromatic heterocycles. The van der Waals surface area contributed by atoms with Crippen LogP contribution in [0.5, 0.6) is 0 Å². The predicted octanol–water partition coefficient (Wildman–Crippen LogP) is 3.89. The molecule has 0 saturated heterocycles. The molecule has 0 spiro atoms. The van der Waals surface area contributed by atoms with Crippen LogP contribution in [0.15, 0.2) is 58.3 Å². The van der Waals surface area contributed by atoms with E-state index in [2.05, 4.69) is 0 Å². The molecule has 0 bridgehead atoms. The summed E-state index contributed by atoms with van der Waals surface area (Å²) in [6.07, 6.45) is 0. The molecule has 2 aromatic carbocycles. The average molecular weight is 249 g/mol. The highest BCUT2D eigenvalue weighted by atomic mass is 32.2. The number of benzene rings is 2. The smallest absolute Gasteiger partial charge is 0.258 e. The molecular formula is C12H8FNO2S. The number of nitro groups is 1. The highest BCUT2D eigenvalue weighted by molar-refractivity contribution is 7.99. The van der Waals surface area contributed by atoms with Gasteiger partial charge in [-0.15, -0.1) is 0 Å². The van der Waals surface area contributed by atoms with Crippen molar-refractivity contribution in [1.82, 2.24) is 0 Å². The third-order valence-electron chi connectivity index (χ3n) is 2.10. The molecule has 0 amide bonds. The third-order valence-corrected chi connectivity index (χ3v) is 3.16. The van der Waals surface area contributed by atoms with Gasteiger partial charge in [-0.05, 0) is 24.3 Å². The lowest BCUT2D eigenvalue weighted by Crippen LogP contribution is -1.94. The molecule has 0 unspecified atom stereocenters. The Hall–Kier alpha value is -1.88. The molecule has 5 heteroatoms. The van der Waals surface area contributed by atoms with Crippen LogP contribution in [0.1, 0.15) is 0 Å². The van der Waals surface area contributed by atoms with Gasteiger partial charge in [0.25, 0.3) is 0 Å². The second kappa shape index (κ2) is 4.97. The summed E-state index contributed by atoms with van der Waals surface area (Å²) in [4.78, 5) is 11.2. The van der Waals surface area contributed by atoms with Crippen LogP contribution in [0.2, 0.25) is 0 Å². The maximum Gasteiger partial charge on any atom is 0.318 e. The van der Waals surface area contributed by atoms with Crippen LogP contribution in [0.25, 0.3) is 0 Å². The van der Waals surface area contributed by atoms with Crippen molar-refractivity contribution in [1.29, 1.82) is 0 Å². The summed E-state index contributed by atoms with van der Waals surface area (Å²) in [6, 6.07) is 13.2. The minimum absolute atomic E-state index is 0.307. The lowest BCUT2D eigenvalue weighted by atomic mass is 10.3. The fourth-order valence-electron chi connectivity index (χ4n) is 1.37. The van der Waals surface area contributed by atoms with E-state index in [0.717, 1.165) is 11.0 Å². The number of nitro benzene ring substituents is 1. The minimum Gasteiger partial charge on any atom is -0.258 e. The quantitative estimate of drug-likeness (QED) is 0.612. The van der Waals surface area contributed by atoms with E-state index in [0.29, 0.717) is 4.90 Å². The van der Waals surface area contributed by atoms with E-state index in [1.54, 1.807) is 6.07 Å². The summed E-state index contributed by atoms with van der Waals surface area (Å²) >= 11 is 1.18. The first-order valence-electron chi connectivity index (χ1n) is 4.84. The Kier molecular flexibility index (Phi) is 3.39. The Bertz CT molecular complexity index is 545. The molecule has 0 fully saturated rings. The van der Waals surface area contributed by atoms with Gasteiger partial charge in [0.15, 0.2) is 0 Å². The van der Waals surface area contributed by atoms with E-state index in [1.165, 1.54) is 17.8 Å².